The molecule has 0 saturated heterocycles. The zero-order valence-corrected chi connectivity index (χ0v) is 10.1. The van der Waals surface area contributed by atoms with E-state index in [-0.39, 0.29) is 0 Å². The normalized spacial score (nSPS) is 17.7. The molecule has 15 heavy (non-hydrogen) atoms. The summed E-state index contributed by atoms with van der Waals surface area (Å²) in [5.41, 5.74) is 2.30. The van der Waals surface area contributed by atoms with Gasteiger partial charge in [-0.15, -0.1) is 0 Å². The molecule has 0 aromatic carbocycles. The van der Waals surface area contributed by atoms with Crippen LogP contribution in [-0.4, -0.2) is 9.38 Å². The van der Waals surface area contributed by atoms with Crippen LogP contribution in [0, 0.1) is 0 Å². The van der Waals surface area contributed by atoms with E-state index in [0.29, 0.717) is 5.92 Å². The quantitative estimate of drug-likeness (QED) is 0.767. The van der Waals surface area contributed by atoms with Gasteiger partial charge in [-0.1, -0.05) is 18.9 Å². The van der Waals surface area contributed by atoms with Crippen LogP contribution in [0.3, 0.4) is 0 Å². The molecule has 1 saturated carbocycles. The van der Waals surface area contributed by atoms with Crippen LogP contribution in [-0.2, 0) is 0 Å². The van der Waals surface area contributed by atoms with Crippen LogP contribution < -0.4 is 0 Å². The van der Waals surface area contributed by atoms with Crippen molar-refractivity contribution in [3.8, 4) is 0 Å². The largest absolute Gasteiger partial charge is 0.294 e. The van der Waals surface area contributed by atoms with Crippen molar-refractivity contribution in [1.82, 2.24) is 9.38 Å². The number of pyridine rings is 1. The van der Waals surface area contributed by atoms with Crippen LogP contribution in [0.4, 0.5) is 0 Å². The van der Waals surface area contributed by atoms with E-state index in [2.05, 4.69) is 32.6 Å². The van der Waals surface area contributed by atoms with Crippen molar-refractivity contribution in [2.24, 2.45) is 0 Å². The molecule has 3 rings (SSSR count). The second-order valence-electron chi connectivity index (χ2n) is 4.20. The van der Waals surface area contributed by atoms with E-state index in [0.717, 1.165) is 10.3 Å². The highest BCUT2D eigenvalue weighted by Gasteiger charge is 2.22. The molecule has 0 aliphatic heterocycles. The molecule has 0 atom stereocenters. The lowest BCUT2D eigenvalue weighted by atomic mass is 10.1. The first kappa shape index (κ1) is 9.40. The molecule has 0 unspecified atom stereocenters. The number of rotatable bonds is 1. The Morgan fingerprint density at radius 1 is 1.27 bits per heavy atom. The van der Waals surface area contributed by atoms with E-state index in [9.17, 15) is 0 Å². The summed E-state index contributed by atoms with van der Waals surface area (Å²) >= 11 is 3.66. The number of fused-ring (bicyclic) bond motifs is 1. The summed E-state index contributed by atoms with van der Waals surface area (Å²) in [5, 5.41) is 0. The van der Waals surface area contributed by atoms with E-state index in [1.54, 1.807) is 0 Å². The molecule has 2 nitrogen and oxygen atoms in total. The lowest BCUT2D eigenvalue weighted by Gasteiger charge is -2.04. The topological polar surface area (TPSA) is 17.3 Å². The third-order valence-electron chi connectivity index (χ3n) is 3.24. The van der Waals surface area contributed by atoms with Gasteiger partial charge in [-0.2, -0.15) is 0 Å². The third-order valence-corrected chi connectivity index (χ3v) is 4.03. The Morgan fingerprint density at radius 3 is 2.80 bits per heavy atom. The van der Waals surface area contributed by atoms with Gasteiger partial charge in [0.25, 0.3) is 0 Å². The van der Waals surface area contributed by atoms with Gasteiger partial charge in [0.05, 0.1) is 5.69 Å². The summed E-state index contributed by atoms with van der Waals surface area (Å²) in [6.07, 6.45) is 7.35. The summed E-state index contributed by atoms with van der Waals surface area (Å²) in [7, 11) is 0. The highest BCUT2D eigenvalue weighted by molar-refractivity contribution is 9.10. The molecule has 2 heterocycles. The third kappa shape index (κ3) is 1.49. The number of aromatic nitrogens is 2. The van der Waals surface area contributed by atoms with Gasteiger partial charge in [0, 0.05) is 12.1 Å². The molecule has 1 aliphatic rings. The molecule has 0 spiro atoms. The van der Waals surface area contributed by atoms with Gasteiger partial charge in [-0.05, 0) is 40.9 Å². The number of hydrogen-bond acceptors (Lipinski definition) is 1. The molecule has 2 aromatic heterocycles. The molecule has 0 N–H and O–H groups in total. The highest BCUT2D eigenvalue weighted by atomic mass is 79.9. The maximum absolute atomic E-state index is 4.71. The molecule has 1 fully saturated rings. The first-order chi connectivity index (χ1) is 7.36. The van der Waals surface area contributed by atoms with Crippen LogP contribution in [0.25, 0.3) is 5.65 Å². The minimum absolute atomic E-state index is 0.666. The predicted molar refractivity (Wildman–Crippen MR) is 64.1 cm³/mol. The van der Waals surface area contributed by atoms with Gasteiger partial charge in [-0.25, -0.2) is 4.98 Å². The van der Waals surface area contributed by atoms with E-state index in [1.807, 2.05) is 12.1 Å². The van der Waals surface area contributed by atoms with Crippen molar-refractivity contribution in [2.45, 2.75) is 31.6 Å². The number of imidazole rings is 1. The fourth-order valence-corrected chi connectivity index (χ4v) is 3.16. The molecule has 78 valence electrons. The summed E-state index contributed by atoms with van der Waals surface area (Å²) in [6.45, 7) is 0. The average Bonchev–Trinajstić information content (AvgIpc) is 2.87. The Bertz CT molecular complexity index is 483. The summed E-state index contributed by atoms with van der Waals surface area (Å²) < 4.78 is 3.26. The van der Waals surface area contributed by atoms with Gasteiger partial charge < -0.3 is 0 Å². The number of halogens is 1. The second-order valence-corrected chi connectivity index (χ2v) is 4.95. The van der Waals surface area contributed by atoms with Gasteiger partial charge in [-0.3, -0.25) is 4.40 Å². The Hall–Kier alpha value is -0.830. The fraction of sp³-hybridized carbons (Fsp3) is 0.417. The van der Waals surface area contributed by atoms with Gasteiger partial charge in [0.15, 0.2) is 0 Å². The Morgan fingerprint density at radius 2 is 2.07 bits per heavy atom. The Kier molecular flexibility index (Phi) is 2.28. The zero-order valence-electron chi connectivity index (χ0n) is 8.49. The SMILES string of the molecule is Brc1c(C2CCCC2)nc2ccccn12. The van der Waals surface area contributed by atoms with Crippen molar-refractivity contribution in [3.05, 3.63) is 34.7 Å². The summed E-state index contributed by atoms with van der Waals surface area (Å²) in [5.74, 6) is 0.666. The maximum Gasteiger partial charge on any atom is 0.137 e. The van der Waals surface area contributed by atoms with Crippen LogP contribution in [0.15, 0.2) is 29.0 Å². The lowest BCUT2D eigenvalue weighted by Crippen LogP contribution is -1.93. The second kappa shape index (κ2) is 3.63. The van der Waals surface area contributed by atoms with Crippen LogP contribution in [0.2, 0.25) is 0 Å². The minimum Gasteiger partial charge on any atom is -0.294 e. The van der Waals surface area contributed by atoms with E-state index >= 15 is 0 Å². The molecule has 3 heteroatoms. The summed E-state index contributed by atoms with van der Waals surface area (Å²) in [6, 6.07) is 6.13. The molecule has 2 aromatic rings. The number of hydrogen-bond donors (Lipinski definition) is 0. The standard InChI is InChI=1S/C12H13BrN2/c13-12-11(9-5-1-2-6-9)14-10-7-3-4-8-15(10)12/h3-4,7-9H,1-2,5-6H2. The molecule has 0 radical (unpaired) electrons. The maximum atomic E-state index is 4.71. The van der Waals surface area contributed by atoms with E-state index in [4.69, 9.17) is 4.98 Å². The smallest absolute Gasteiger partial charge is 0.137 e. The molecule has 1 aliphatic carbocycles. The summed E-state index contributed by atoms with van der Waals surface area (Å²) in [4.78, 5) is 4.71. The van der Waals surface area contributed by atoms with Gasteiger partial charge in [0.1, 0.15) is 10.3 Å². The van der Waals surface area contributed by atoms with Gasteiger partial charge >= 0.3 is 0 Å². The fourth-order valence-electron chi connectivity index (χ4n) is 2.44. The first-order valence-electron chi connectivity index (χ1n) is 5.49. The van der Waals surface area contributed by atoms with Crippen molar-refractivity contribution in [2.75, 3.05) is 0 Å². The Balaban J connectivity index is 2.14. The predicted octanol–water partition coefficient (Wildman–Crippen LogP) is 3.75. The monoisotopic (exact) mass is 264 g/mol. The minimum atomic E-state index is 0.666. The van der Waals surface area contributed by atoms with Crippen LogP contribution in [0.1, 0.15) is 37.3 Å². The molecular formula is C12H13BrN2. The van der Waals surface area contributed by atoms with Crippen LogP contribution >= 0.6 is 15.9 Å². The lowest BCUT2D eigenvalue weighted by molar-refractivity contribution is 0.699. The van der Waals surface area contributed by atoms with Crippen molar-refractivity contribution in [3.63, 3.8) is 0 Å². The highest BCUT2D eigenvalue weighted by Crippen LogP contribution is 2.37. The van der Waals surface area contributed by atoms with Crippen LogP contribution in [0.5, 0.6) is 0 Å². The zero-order chi connectivity index (χ0) is 10.3. The molecule has 0 amide bonds. The van der Waals surface area contributed by atoms with E-state index in [1.165, 1.54) is 31.4 Å². The van der Waals surface area contributed by atoms with Crippen molar-refractivity contribution in [1.29, 1.82) is 0 Å². The number of nitrogens with zero attached hydrogens (tertiary/aromatic N) is 2. The average molecular weight is 265 g/mol. The first-order valence-corrected chi connectivity index (χ1v) is 6.28. The van der Waals surface area contributed by atoms with Crippen molar-refractivity contribution >= 4 is 21.6 Å². The Labute approximate surface area is 97.5 Å². The van der Waals surface area contributed by atoms with Gasteiger partial charge in [0.2, 0.25) is 0 Å². The molecule has 0 bridgehead atoms. The van der Waals surface area contributed by atoms with E-state index < -0.39 is 0 Å². The molecular weight excluding hydrogens is 252 g/mol. The van der Waals surface area contributed by atoms with Crippen molar-refractivity contribution < 1.29 is 0 Å².